The summed E-state index contributed by atoms with van der Waals surface area (Å²) in [6.07, 6.45) is 1.93. The number of nitrogens with zero attached hydrogens (tertiary/aromatic N) is 1. The van der Waals surface area contributed by atoms with Gasteiger partial charge in [0.2, 0.25) is 5.91 Å². The summed E-state index contributed by atoms with van der Waals surface area (Å²) in [6, 6.07) is -0.240. The molecule has 3 N–H and O–H groups in total. The van der Waals surface area contributed by atoms with Gasteiger partial charge in [-0.3, -0.25) is 4.79 Å². The van der Waals surface area contributed by atoms with E-state index in [-0.39, 0.29) is 29.8 Å². The van der Waals surface area contributed by atoms with Gasteiger partial charge in [-0.05, 0) is 13.2 Å². The lowest BCUT2D eigenvalue weighted by molar-refractivity contribution is -0.145. The highest BCUT2D eigenvalue weighted by atomic mass is 32.2. The number of amides is 1. The van der Waals surface area contributed by atoms with E-state index >= 15 is 0 Å². The number of carbonyl (C=O) groups excluding carboxylic acids is 1. The monoisotopic (exact) mass is 204 g/mol. The number of β-lactam (4-membered cyclic amide) rings is 1. The van der Waals surface area contributed by atoms with Crippen LogP contribution in [0.3, 0.4) is 0 Å². The smallest absolute Gasteiger partial charge is 0.241 e. The van der Waals surface area contributed by atoms with Crippen LogP contribution in [0.1, 0.15) is 6.92 Å². The van der Waals surface area contributed by atoms with Crippen LogP contribution >= 0.6 is 11.8 Å². The molecule has 5 heteroatoms. The van der Waals surface area contributed by atoms with E-state index in [1.807, 2.05) is 13.2 Å². The highest BCUT2D eigenvalue weighted by molar-refractivity contribution is 7.99. The van der Waals surface area contributed by atoms with Gasteiger partial charge in [0.05, 0.1) is 6.61 Å². The van der Waals surface area contributed by atoms with E-state index in [0.29, 0.717) is 6.54 Å². The van der Waals surface area contributed by atoms with Gasteiger partial charge in [-0.2, -0.15) is 11.8 Å². The Bertz CT molecular complexity index is 197. The van der Waals surface area contributed by atoms with Crippen molar-refractivity contribution in [2.75, 3.05) is 19.4 Å². The normalized spacial score (nSPS) is 26.9. The summed E-state index contributed by atoms with van der Waals surface area (Å²) in [4.78, 5) is 13.0. The molecule has 1 aliphatic heterocycles. The Morgan fingerprint density at radius 3 is 2.77 bits per heavy atom. The van der Waals surface area contributed by atoms with Crippen LogP contribution in [-0.2, 0) is 4.79 Å². The van der Waals surface area contributed by atoms with Crippen LogP contribution in [0.15, 0.2) is 0 Å². The van der Waals surface area contributed by atoms with Crippen molar-refractivity contribution < 1.29 is 9.90 Å². The molecule has 1 aliphatic rings. The molecule has 13 heavy (non-hydrogen) atoms. The van der Waals surface area contributed by atoms with Crippen molar-refractivity contribution in [3.8, 4) is 0 Å². The molecule has 4 nitrogen and oxygen atoms in total. The van der Waals surface area contributed by atoms with Crippen LogP contribution in [0, 0.1) is 0 Å². The molecule has 1 amide bonds. The van der Waals surface area contributed by atoms with Gasteiger partial charge in [-0.1, -0.05) is 0 Å². The van der Waals surface area contributed by atoms with Gasteiger partial charge in [-0.25, -0.2) is 0 Å². The van der Waals surface area contributed by atoms with Gasteiger partial charge in [-0.15, -0.1) is 0 Å². The molecule has 0 aliphatic carbocycles. The second-order valence-electron chi connectivity index (χ2n) is 3.29. The molecule has 0 spiro atoms. The maximum Gasteiger partial charge on any atom is 0.241 e. The number of hydrogen-bond acceptors (Lipinski definition) is 4. The molecule has 0 aromatic heterocycles. The lowest BCUT2D eigenvalue weighted by atomic mass is 10.0. The fourth-order valence-electron chi connectivity index (χ4n) is 1.47. The third kappa shape index (κ3) is 1.98. The fourth-order valence-corrected chi connectivity index (χ4v) is 2.16. The van der Waals surface area contributed by atoms with Gasteiger partial charge in [0.25, 0.3) is 0 Å². The highest BCUT2D eigenvalue weighted by Crippen LogP contribution is 2.21. The molecule has 0 aromatic carbocycles. The van der Waals surface area contributed by atoms with Crippen molar-refractivity contribution in [3.63, 3.8) is 0 Å². The van der Waals surface area contributed by atoms with Crippen molar-refractivity contribution in [2.24, 2.45) is 5.73 Å². The topological polar surface area (TPSA) is 66.6 Å². The van der Waals surface area contributed by atoms with E-state index < -0.39 is 0 Å². The summed E-state index contributed by atoms with van der Waals surface area (Å²) in [5, 5.41) is 9.12. The average Bonchev–Trinajstić information content (AvgIpc) is 2.15. The molecule has 76 valence electrons. The first kappa shape index (κ1) is 10.8. The number of thioether (sulfide) groups is 1. The molecule has 1 rings (SSSR count). The predicted molar refractivity (Wildman–Crippen MR) is 53.5 cm³/mol. The fraction of sp³-hybridized carbons (Fsp3) is 0.875. The second-order valence-corrected chi connectivity index (χ2v) is 4.37. The maximum absolute atomic E-state index is 11.2. The highest BCUT2D eigenvalue weighted by Gasteiger charge is 2.38. The first-order valence-electron chi connectivity index (χ1n) is 4.31. The SMILES string of the molecule is CSC(CO)C(C)N1CC(N)C1=O. The van der Waals surface area contributed by atoms with Gasteiger partial charge in [0.1, 0.15) is 6.04 Å². The number of nitrogens with two attached hydrogens (primary N) is 1. The first-order chi connectivity index (χ1) is 6.11. The van der Waals surface area contributed by atoms with E-state index in [4.69, 9.17) is 10.8 Å². The van der Waals surface area contributed by atoms with E-state index in [1.54, 1.807) is 16.7 Å². The van der Waals surface area contributed by atoms with Crippen LogP contribution in [0.4, 0.5) is 0 Å². The average molecular weight is 204 g/mol. The Morgan fingerprint density at radius 2 is 2.46 bits per heavy atom. The van der Waals surface area contributed by atoms with Crippen molar-refractivity contribution in [3.05, 3.63) is 0 Å². The summed E-state index contributed by atoms with van der Waals surface area (Å²) in [5.41, 5.74) is 5.47. The minimum absolute atomic E-state index is 0.000000000000000222. The molecule has 0 radical (unpaired) electrons. The van der Waals surface area contributed by atoms with E-state index in [1.165, 1.54) is 0 Å². The molecule has 1 fully saturated rings. The zero-order valence-corrected chi connectivity index (χ0v) is 8.75. The number of aliphatic hydroxyl groups excluding tert-OH is 1. The number of carbonyl (C=O) groups is 1. The Labute approximate surface area is 82.5 Å². The molecule has 1 saturated heterocycles. The Morgan fingerprint density at radius 1 is 1.85 bits per heavy atom. The zero-order valence-electron chi connectivity index (χ0n) is 7.93. The van der Waals surface area contributed by atoms with E-state index in [9.17, 15) is 4.79 Å². The van der Waals surface area contributed by atoms with Crippen molar-refractivity contribution in [1.82, 2.24) is 4.90 Å². The third-order valence-electron chi connectivity index (χ3n) is 2.51. The summed E-state index contributed by atoms with van der Waals surface area (Å²) >= 11 is 1.57. The van der Waals surface area contributed by atoms with Crippen molar-refractivity contribution in [2.45, 2.75) is 24.3 Å². The predicted octanol–water partition coefficient (Wildman–Crippen LogP) is -0.732. The molecular formula is C8H16N2O2S. The molecule has 1 heterocycles. The van der Waals surface area contributed by atoms with Crippen LogP contribution < -0.4 is 5.73 Å². The molecule has 3 atom stereocenters. The molecular weight excluding hydrogens is 188 g/mol. The van der Waals surface area contributed by atoms with Crippen LogP contribution in [0.2, 0.25) is 0 Å². The lowest BCUT2D eigenvalue weighted by Crippen LogP contribution is -2.65. The Kier molecular flexibility index (Phi) is 3.58. The zero-order chi connectivity index (χ0) is 10.0. The molecule has 0 aromatic rings. The number of hydrogen-bond donors (Lipinski definition) is 2. The summed E-state index contributed by atoms with van der Waals surface area (Å²) in [5.74, 6) is 0.000000000000000222. The second kappa shape index (κ2) is 4.30. The van der Waals surface area contributed by atoms with Crippen molar-refractivity contribution >= 4 is 17.7 Å². The first-order valence-corrected chi connectivity index (χ1v) is 5.60. The largest absolute Gasteiger partial charge is 0.395 e. The molecule has 3 unspecified atom stereocenters. The van der Waals surface area contributed by atoms with E-state index in [2.05, 4.69) is 0 Å². The minimum atomic E-state index is -0.316. The lowest BCUT2D eigenvalue weighted by Gasteiger charge is -2.43. The summed E-state index contributed by atoms with van der Waals surface area (Å²) in [7, 11) is 0. The van der Waals surface area contributed by atoms with Crippen molar-refractivity contribution in [1.29, 1.82) is 0 Å². The van der Waals surface area contributed by atoms with Crippen LogP contribution in [-0.4, -0.2) is 52.7 Å². The third-order valence-corrected chi connectivity index (χ3v) is 3.65. The van der Waals surface area contributed by atoms with Crippen LogP contribution in [0.25, 0.3) is 0 Å². The number of rotatable bonds is 4. The van der Waals surface area contributed by atoms with Gasteiger partial charge in [0.15, 0.2) is 0 Å². The Balaban J connectivity index is 2.48. The Hall–Kier alpha value is -0.260. The number of aliphatic hydroxyl groups is 1. The van der Waals surface area contributed by atoms with Gasteiger partial charge < -0.3 is 15.7 Å². The molecule has 0 saturated carbocycles. The minimum Gasteiger partial charge on any atom is -0.395 e. The summed E-state index contributed by atoms with van der Waals surface area (Å²) < 4.78 is 0. The maximum atomic E-state index is 11.2. The van der Waals surface area contributed by atoms with Gasteiger partial charge >= 0.3 is 0 Å². The summed E-state index contributed by atoms with van der Waals surface area (Å²) in [6.45, 7) is 2.67. The van der Waals surface area contributed by atoms with E-state index in [0.717, 1.165) is 0 Å². The number of likely N-dealkylation sites (tertiary alicyclic amines) is 1. The quantitative estimate of drug-likeness (QED) is 0.592. The standard InChI is InChI=1S/C8H16N2O2S/c1-5(7(4-11)13-2)10-3-6(9)8(10)12/h5-7,11H,3-4,9H2,1-2H3. The van der Waals surface area contributed by atoms with Gasteiger partial charge in [0, 0.05) is 17.8 Å². The molecule has 0 bridgehead atoms. The van der Waals surface area contributed by atoms with Crippen LogP contribution in [0.5, 0.6) is 0 Å².